The molecule has 8 N–H and O–H groups in total. The van der Waals surface area contributed by atoms with Crippen LogP contribution in [0.15, 0.2) is 0 Å². The second-order valence-corrected chi connectivity index (χ2v) is 11.6. The standard InChI is InChI=1S/C27H48N6O9/c1-9-15(10-2)29-26(42)33-21(27(5,6)7)24(39)31-16(12-19(34)28-8)22(37)30-17(13-20(35)36)23(38)32-18(25(40)41)11-14(3)4/h14-18,21H,9-13H2,1-8H3,(H,28,34)(H,30,37)(H,31,39)(H,32,38)(H,35,36)(H,40,41)(H2,29,33,42). The molecule has 0 saturated heterocycles. The Bertz CT molecular complexity index is 976. The van der Waals surface area contributed by atoms with Crippen LogP contribution in [0.5, 0.6) is 0 Å². The minimum atomic E-state index is -1.71. The van der Waals surface area contributed by atoms with Gasteiger partial charge in [-0.05, 0) is 30.6 Å². The summed E-state index contributed by atoms with van der Waals surface area (Å²) in [5, 5.41) is 33.4. The number of hydrogen-bond donors (Lipinski definition) is 8. The van der Waals surface area contributed by atoms with E-state index in [4.69, 9.17) is 0 Å². The molecule has 0 radical (unpaired) electrons. The molecule has 0 aromatic rings. The molecule has 15 nitrogen and oxygen atoms in total. The van der Waals surface area contributed by atoms with E-state index >= 15 is 0 Å². The summed E-state index contributed by atoms with van der Waals surface area (Å²) in [6.07, 6.45) is -0.0803. The normalized spacial score (nSPS) is 14.1. The molecule has 0 spiro atoms. The van der Waals surface area contributed by atoms with Crippen LogP contribution in [0.4, 0.5) is 4.79 Å². The van der Waals surface area contributed by atoms with Gasteiger partial charge >= 0.3 is 18.0 Å². The van der Waals surface area contributed by atoms with Crippen LogP contribution in [-0.2, 0) is 28.8 Å². The highest BCUT2D eigenvalue weighted by molar-refractivity contribution is 5.98. The number of aliphatic carboxylic acids is 2. The highest BCUT2D eigenvalue weighted by Gasteiger charge is 2.37. The molecule has 0 saturated carbocycles. The number of carboxylic acid groups (broad SMARTS) is 2. The van der Waals surface area contributed by atoms with Gasteiger partial charge in [-0.1, -0.05) is 48.5 Å². The van der Waals surface area contributed by atoms with Gasteiger partial charge in [-0.3, -0.25) is 24.0 Å². The Morgan fingerprint density at radius 2 is 1.17 bits per heavy atom. The molecule has 0 aromatic carbocycles. The van der Waals surface area contributed by atoms with Gasteiger partial charge in [-0.2, -0.15) is 0 Å². The average molecular weight is 601 g/mol. The molecular weight excluding hydrogens is 552 g/mol. The van der Waals surface area contributed by atoms with Gasteiger partial charge in [0.25, 0.3) is 0 Å². The fraction of sp³-hybridized carbons (Fsp3) is 0.741. The summed E-state index contributed by atoms with van der Waals surface area (Å²) >= 11 is 0. The van der Waals surface area contributed by atoms with Crippen molar-refractivity contribution in [3.63, 3.8) is 0 Å². The average Bonchev–Trinajstić information content (AvgIpc) is 2.87. The van der Waals surface area contributed by atoms with Gasteiger partial charge in [0.15, 0.2) is 0 Å². The van der Waals surface area contributed by atoms with Gasteiger partial charge in [0.2, 0.25) is 23.6 Å². The van der Waals surface area contributed by atoms with Crippen molar-refractivity contribution in [2.24, 2.45) is 11.3 Å². The maximum absolute atomic E-state index is 13.4. The molecule has 0 aliphatic rings. The zero-order chi connectivity index (χ0) is 32.8. The second kappa shape index (κ2) is 17.8. The van der Waals surface area contributed by atoms with E-state index in [-0.39, 0.29) is 18.4 Å². The third-order valence-corrected chi connectivity index (χ3v) is 6.36. The minimum Gasteiger partial charge on any atom is -0.481 e. The molecular formula is C27H48N6O9. The SMILES string of the molecule is CCC(CC)NC(=O)NC(C(=O)NC(CC(=O)NC)C(=O)NC(CC(=O)O)C(=O)NC(CC(C)C)C(=O)O)C(C)(C)C. The maximum Gasteiger partial charge on any atom is 0.326 e. The molecule has 4 atom stereocenters. The number of nitrogens with one attached hydrogen (secondary N) is 6. The third-order valence-electron chi connectivity index (χ3n) is 6.36. The van der Waals surface area contributed by atoms with Crippen LogP contribution < -0.4 is 31.9 Å². The van der Waals surface area contributed by atoms with Gasteiger partial charge in [0, 0.05) is 13.1 Å². The highest BCUT2D eigenvalue weighted by Crippen LogP contribution is 2.20. The fourth-order valence-corrected chi connectivity index (χ4v) is 3.90. The molecule has 15 heteroatoms. The zero-order valence-electron chi connectivity index (χ0n) is 25.8. The van der Waals surface area contributed by atoms with Gasteiger partial charge in [-0.25, -0.2) is 9.59 Å². The van der Waals surface area contributed by atoms with E-state index < -0.39 is 84.0 Å². The Morgan fingerprint density at radius 3 is 1.57 bits per heavy atom. The quantitative estimate of drug-likeness (QED) is 0.113. The van der Waals surface area contributed by atoms with Gasteiger partial charge in [0.05, 0.1) is 12.8 Å². The van der Waals surface area contributed by atoms with Crippen LogP contribution in [0.2, 0.25) is 0 Å². The molecule has 0 heterocycles. The number of carboxylic acids is 2. The van der Waals surface area contributed by atoms with Crippen molar-refractivity contribution < 1.29 is 43.8 Å². The number of urea groups is 1. The van der Waals surface area contributed by atoms with E-state index in [2.05, 4.69) is 31.9 Å². The molecule has 4 unspecified atom stereocenters. The Labute approximate surface area is 246 Å². The first-order chi connectivity index (χ1) is 19.4. The van der Waals surface area contributed by atoms with Crippen molar-refractivity contribution in [3.05, 3.63) is 0 Å². The van der Waals surface area contributed by atoms with Gasteiger partial charge in [-0.15, -0.1) is 0 Å². The van der Waals surface area contributed by atoms with E-state index in [1.165, 1.54) is 7.05 Å². The summed E-state index contributed by atoms with van der Waals surface area (Å²) in [4.78, 5) is 87.3. The lowest BCUT2D eigenvalue weighted by molar-refractivity contribution is -0.144. The summed E-state index contributed by atoms with van der Waals surface area (Å²) in [7, 11) is 1.31. The van der Waals surface area contributed by atoms with E-state index in [9.17, 15) is 43.8 Å². The summed E-state index contributed by atoms with van der Waals surface area (Å²) in [5.74, 6) is -6.48. The number of amides is 6. The Balaban J connectivity index is 6.04. The van der Waals surface area contributed by atoms with E-state index in [0.717, 1.165) is 0 Å². The van der Waals surface area contributed by atoms with Crippen LogP contribution in [-0.4, -0.2) is 89.1 Å². The lowest BCUT2D eigenvalue weighted by Crippen LogP contribution is -2.61. The number of carbonyl (C=O) groups is 7. The van der Waals surface area contributed by atoms with Crippen molar-refractivity contribution in [2.45, 2.75) is 111 Å². The monoisotopic (exact) mass is 600 g/mol. The van der Waals surface area contributed by atoms with Crippen molar-refractivity contribution >= 4 is 41.6 Å². The third kappa shape index (κ3) is 14.1. The summed E-state index contributed by atoms with van der Waals surface area (Å²) in [6.45, 7) is 12.3. The lowest BCUT2D eigenvalue weighted by atomic mass is 9.86. The van der Waals surface area contributed by atoms with Crippen molar-refractivity contribution in [2.75, 3.05) is 7.05 Å². The summed E-state index contributed by atoms with van der Waals surface area (Å²) in [5.41, 5.74) is -0.836. The Kier molecular flexibility index (Phi) is 16.1. The lowest BCUT2D eigenvalue weighted by Gasteiger charge is -2.32. The van der Waals surface area contributed by atoms with E-state index in [1.54, 1.807) is 34.6 Å². The number of rotatable bonds is 17. The van der Waals surface area contributed by atoms with Crippen LogP contribution >= 0.6 is 0 Å². The Morgan fingerprint density at radius 1 is 0.690 bits per heavy atom. The van der Waals surface area contributed by atoms with Crippen molar-refractivity contribution in [1.29, 1.82) is 0 Å². The van der Waals surface area contributed by atoms with Crippen LogP contribution in [0.25, 0.3) is 0 Å². The molecule has 0 aliphatic heterocycles. The molecule has 0 aromatic heterocycles. The topological polar surface area (TPSA) is 232 Å². The molecule has 42 heavy (non-hydrogen) atoms. The smallest absolute Gasteiger partial charge is 0.326 e. The van der Waals surface area contributed by atoms with E-state index in [0.29, 0.717) is 12.8 Å². The van der Waals surface area contributed by atoms with Crippen LogP contribution in [0.1, 0.15) is 80.6 Å². The highest BCUT2D eigenvalue weighted by atomic mass is 16.4. The maximum atomic E-state index is 13.4. The molecule has 0 bridgehead atoms. The fourth-order valence-electron chi connectivity index (χ4n) is 3.90. The number of carbonyl (C=O) groups excluding carboxylic acids is 5. The molecule has 240 valence electrons. The minimum absolute atomic E-state index is 0.0518. The first kappa shape index (κ1) is 38.1. The molecule has 0 rings (SSSR count). The summed E-state index contributed by atoms with van der Waals surface area (Å²) in [6, 6.07) is -6.50. The second-order valence-electron chi connectivity index (χ2n) is 11.6. The molecule has 0 fully saturated rings. The largest absolute Gasteiger partial charge is 0.481 e. The van der Waals surface area contributed by atoms with Crippen LogP contribution in [0.3, 0.4) is 0 Å². The predicted molar refractivity (Wildman–Crippen MR) is 153 cm³/mol. The molecule has 0 aliphatic carbocycles. The molecule has 6 amide bonds. The van der Waals surface area contributed by atoms with Gasteiger partial charge < -0.3 is 42.1 Å². The van der Waals surface area contributed by atoms with Gasteiger partial charge in [0.1, 0.15) is 24.2 Å². The van der Waals surface area contributed by atoms with Crippen molar-refractivity contribution in [3.8, 4) is 0 Å². The first-order valence-electron chi connectivity index (χ1n) is 14.0. The van der Waals surface area contributed by atoms with Crippen molar-refractivity contribution in [1.82, 2.24) is 31.9 Å². The predicted octanol–water partition coefficient (Wildman–Crippen LogP) is 0.0848. The van der Waals surface area contributed by atoms with Crippen LogP contribution in [0, 0.1) is 11.3 Å². The number of hydrogen-bond acceptors (Lipinski definition) is 7. The Hall–Kier alpha value is -3.91. The zero-order valence-corrected chi connectivity index (χ0v) is 25.8. The van der Waals surface area contributed by atoms with E-state index in [1.807, 2.05) is 13.8 Å². The summed E-state index contributed by atoms with van der Waals surface area (Å²) < 4.78 is 0. The first-order valence-corrected chi connectivity index (χ1v) is 14.0.